The maximum atomic E-state index is 2.55. The van der Waals surface area contributed by atoms with Crippen molar-refractivity contribution in [2.75, 3.05) is 0 Å². The first-order valence-corrected chi connectivity index (χ1v) is 10.3. The van der Waals surface area contributed by atoms with Gasteiger partial charge in [0.1, 0.15) is 0 Å². The van der Waals surface area contributed by atoms with Crippen molar-refractivity contribution < 1.29 is 0 Å². The first-order chi connectivity index (χ1) is 11.3. The van der Waals surface area contributed by atoms with Crippen LogP contribution in [0.25, 0.3) is 0 Å². The van der Waals surface area contributed by atoms with Crippen LogP contribution < -0.4 is 0 Å². The number of rotatable bonds is 2. The van der Waals surface area contributed by atoms with Crippen molar-refractivity contribution >= 4 is 22.6 Å². The molecule has 0 saturated heterocycles. The minimum Gasteiger partial charge on any atom is -0.0561 e. The van der Waals surface area contributed by atoms with E-state index in [9.17, 15) is 0 Å². The van der Waals surface area contributed by atoms with Crippen LogP contribution in [0.5, 0.6) is 0 Å². The van der Waals surface area contributed by atoms with Crippen LogP contribution in [0.3, 0.4) is 0 Å². The van der Waals surface area contributed by atoms with E-state index >= 15 is 0 Å². The molecule has 0 unspecified atom stereocenters. The van der Waals surface area contributed by atoms with Gasteiger partial charge in [0.15, 0.2) is 0 Å². The summed E-state index contributed by atoms with van der Waals surface area (Å²) in [6.07, 6.45) is 1.01. The van der Waals surface area contributed by atoms with E-state index in [4.69, 9.17) is 0 Å². The van der Waals surface area contributed by atoms with Gasteiger partial charge >= 0.3 is 0 Å². The normalized spacial score (nSPS) is 12.6. The molecule has 0 heterocycles. The first-order valence-electron chi connectivity index (χ1n) is 9.21. The maximum absolute atomic E-state index is 2.55. The van der Waals surface area contributed by atoms with Crippen LogP contribution in [-0.4, -0.2) is 0 Å². The summed E-state index contributed by atoms with van der Waals surface area (Å²) in [6.45, 7) is 20.6. The SMILES string of the molecule is Cc1cc(Cc2cc(C)cc(C(C)(C)C)c2I)c(C)c(C(C)(C)C)c1. The second kappa shape index (κ2) is 7.06. The Kier molecular flexibility index (Phi) is 5.78. The van der Waals surface area contributed by atoms with Crippen molar-refractivity contribution in [2.45, 2.75) is 79.6 Å². The predicted octanol–water partition coefficient (Wildman–Crippen LogP) is 7.40. The van der Waals surface area contributed by atoms with Gasteiger partial charge in [0.05, 0.1) is 0 Å². The molecule has 0 nitrogen and oxygen atoms in total. The summed E-state index contributed by atoms with van der Waals surface area (Å²) >= 11 is 2.55. The van der Waals surface area contributed by atoms with Crippen LogP contribution in [-0.2, 0) is 17.3 Å². The first kappa shape index (κ1) is 20.5. The Hall–Kier alpha value is -0.830. The van der Waals surface area contributed by atoms with E-state index in [-0.39, 0.29) is 10.8 Å². The molecule has 0 saturated carbocycles. The van der Waals surface area contributed by atoms with Crippen molar-refractivity contribution in [1.82, 2.24) is 0 Å². The lowest BCUT2D eigenvalue weighted by Crippen LogP contribution is -2.16. The van der Waals surface area contributed by atoms with E-state index in [1.165, 1.54) is 42.5 Å². The molecule has 0 aliphatic carbocycles. The fraction of sp³-hybridized carbons (Fsp3) is 0.500. The van der Waals surface area contributed by atoms with Crippen molar-refractivity contribution in [3.05, 3.63) is 66.8 Å². The number of benzene rings is 2. The van der Waals surface area contributed by atoms with Crippen LogP contribution in [0.4, 0.5) is 0 Å². The maximum Gasteiger partial charge on any atom is 0.0203 e. The molecule has 1 heteroatoms. The largest absolute Gasteiger partial charge is 0.0561 e. The molecule has 0 spiro atoms. The number of hydrogen-bond donors (Lipinski definition) is 0. The van der Waals surface area contributed by atoms with Gasteiger partial charge in [-0.05, 0) is 88.4 Å². The van der Waals surface area contributed by atoms with Crippen LogP contribution in [0, 0.1) is 24.3 Å². The fourth-order valence-electron chi connectivity index (χ4n) is 3.62. The van der Waals surface area contributed by atoms with Gasteiger partial charge in [-0.1, -0.05) is 76.9 Å². The molecule has 0 aliphatic rings. The summed E-state index contributed by atoms with van der Waals surface area (Å²) in [4.78, 5) is 0. The smallest absolute Gasteiger partial charge is 0.0203 e. The molecule has 0 aliphatic heterocycles. The Labute approximate surface area is 168 Å². The molecule has 0 radical (unpaired) electrons. The minimum atomic E-state index is 0.176. The number of aryl methyl sites for hydroxylation is 2. The third-order valence-electron chi connectivity index (χ3n) is 4.95. The third kappa shape index (κ3) is 4.67. The molecule has 0 fully saturated rings. The number of halogens is 1. The molecular weight excluding hydrogens is 415 g/mol. The average molecular weight is 448 g/mol. The van der Waals surface area contributed by atoms with E-state index < -0.39 is 0 Å². The van der Waals surface area contributed by atoms with Crippen LogP contribution >= 0.6 is 22.6 Å². The standard InChI is InChI=1S/C24H33I/c1-15-10-18(17(3)20(12-15)23(4,5)6)14-19-11-16(2)13-21(22(19)25)24(7,8)9/h10-13H,14H2,1-9H3. The van der Waals surface area contributed by atoms with Crippen LogP contribution in [0.2, 0.25) is 0 Å². The molecule has 2 rings (SSSR count). The quantitative estimate of drug-likeness (QED) is 0.420. The summed E-state index contributed by atoms with van der Waals surface area (Å²) in [5.74, 6) is 0. The topological polar surface area (TPSA) is 0 Å². The Morgan fingerprint density at radius 3 is 1.60 bits per heavy atom. The second-order valence-corrected chi connectivity index (χ2v) is 10.6. The number of hydrogen-bond acceptors (Lipinski definition) is 0. The van der Waals surface area contributed by atoms with Crippen molar-refractivity contribution in [1.29, 1.82) is 0 Å². The zero-order chi connectivity index (χ0) is 19.2. The lowest BCUT2D eigenvalue weighted by atomic mass is 9.80. The van der Waals surface area contributed by atoms with Gasteiger partial charge in [-0.25, -0.2) is 0 Å². The Morgan fingerprint density at radius 2 is 1.12 bits per heavy atom. The molecule has 2 aromatic carbocycles. The molecule has 0 bridgehead atoms. The van der Waals surface area contributed by atoms with Gasteiger partial charge in [0.25, 0.3) is 0 Å². The van der Waals surface area contributed by atoms with Crippen LogP contribution in [0.1, 0.15) is 80.5 Å². The minimum absolute atomic E-state index is 0.176. The molecule has 136 valence electrons. The Balaban J connectivity index is 2.58. The summed E-state index contributed by atoms with van der Waals surface area (Å²) in [6, 6.07) is 9.46. The van der Waals surface area contributed by atoms with Gasteiger partial charge in [-0.3, -0.25) is 0 Å². The molecule has 0 N–H and O–H groups in total. The lowest BCUT2D eigenvalue weighted by Gasteiger charge is -2.26. The molecule has 0 aromatic heterocycles. The monoisotopic (exact) mass is 448 g/mol. The molecular formula is C24H33I. The van der Waals surface area contributed by atoms with Crippen molar-refractivity contribution in [2.24, 2.45) is 0 Å². The lowest BCUT2D eigenvalue weighted by molar-refractivity contribution is 0.583. The highest BCUT2D eigenvalue weighted by atomic mass is 127. The summed E-state index contributed by atoms with van der Waals surface area (Å²) < 4.78 is 1.42. The van der Waals surface area contributed by atoms with Gasteiger partial charge in [0, 0.05) is 3.57 Å². The average Bonchev–Trinajstić information content (AvgIpc) is 2.43. The van der Waals surface area contributed by atoms with E-state index in [0.29, 0.717) is 0 Å². The van der Waals surface area contributed by atoms with Crippen molar-refractivity contribution in [3.8, 4) is 0 Å². The highest BCUT2D eigenvalue weighted by Crippen LogP contribution is 2.34. The van der Waals surface area contributed by atoms with E-state index in [1.807, 2.05) is 0 Å². The highest BCUT2D eigenvalue weighted by Gasteiger charge is 2.22. The van der Waals surface area contributed by atoms with Crippen LogP contribution in [0.15, 0.2) is 24.3 Å². The summed E-state index contributed by atoms with van der Waals surface area (Å²) in [7, 11) is 0. The molecule has 2 aromatic rings. The highest BCUT2D eigenvalue weighted by molar-refractivity contribution is 14.1. The van der Waals surface area contributed by atoms with Gasteiger partial charge in [-0.15, -0.1) is 0 Å². The van der Waals surface area contributed by atoms with Crippen molar-refractivity contribution in [3.63, 3.8) is 0 Å². The molecule has 0 atom stereocenters. The van der Waals surface area contributed by atoms with E-state index in [2.05, 4.69) is 109 Å². The van der Waals surface area contributed by atoms with Gasteiger partial charge in [-0.2, -0.15) is 0 Å². The molecule has 0 amide bonds. The van der Waals surface area contributed by atoms with E-state index in [1.54, 1.807) is 0 Å². The van der Waals surface area contributed by atoms with Gasteiger partial charge < -0.3 is 0 Å². The zero-order valence-corrected chi connectivity index (χ0v) is 19.6. The Bertz CT molecular complexity index is 716. The fourth-order valence-corrected chi connectivity index (χ4v) is 4.93. The molecule has 25 heavy (non-hydrogen) atoms. The van der Waals surface area contributed by atoms with Gasteiger partial charge in [0.2, 0.25) is 0 Å². The Morgan fingerprint density at radius 1 is 0.680 bits per heavy atom. The summed E-state index contributed by atoms with van der Waals surface area (Å²) in [5, 5.41) is 0. The van der Waals surface area contributed by atoms with E-state index in [0.717, 1.165) is 6.42 Å². The second-order valence-electron chi connectivity index (χ2n) is 9.56. The summed E-state index contributed by atoms with van der Waals surface area (Å²) in [5.41, 5.74) is 10.4. The zero-order valence-electron chi connectivity index (χ0n) is 17.4. The predicted molar refractivity (Wildman–Crippen MR) is 120 cm³/mol. The third-order valence-corrected chi connectivity index (χ3v) is 6.22.